The quantitative estimate of drug-likeness (QED) is 0.732. The predicted octanol–water partition coefficient (Wildman–Crippen LogP) is 2.80. The summed E-state index contributed by atoms with van der Waals surface area (Å²) in [5, 5.41) is 7.53. The van der Waals surface area contributed by atoms with Crippen molar-refractivity contribution in [3.63, 3.8) is 0 Å². The van der Waals surface area contributed by atoms with Gasteiger partial charge in [0.15, 0.2) is 0 Å². The van der Waals surface area contributed by atoms with Crippen LogP contribution < -0.4 is 16.0 Å². The number of carbonyl (C=O) groups is 2. The number of hydrogen-bond donors (Lipinski definition) is 3. The Bertz CT molecular complexity index is 728. The molecule has 2 rings (SSSR count). The number of halogens is 3. The highest BCUT2D eigenvalue weighted by Gasteiger charge is 2.29. The van der Waals surface area contributed by atoms with Crippen molar-refractivity contribution in [1.29, 1.82) is 0 Å². The number of furan rings is 1. The molecule has 1 aromatic carbocycles. The van der Waals surface area contributed by atoms with Crippen LogP contribution in [-0.4, -0.2) is 18.0 Å². The number of benzene rings is 1. The minimum atomic E-state index is -4.40. The first-order valence-corrected chi connectivity index (χ1v) is 7.76. The molecule has 0 radical (unpaired) electrons. The summed E-state index contributed by atoms with van der Waals surface area (Å²) in [5.74, 6) is 0.184. The van der Waals surface area contributed by atoms with Gasteiger partial charge in [-0.15, -0.1) is 0 Å². The maximum atomic E-state index is 12.5. The molecule has 0 saturated heterocycles. The second-order valence-corrected chi connectivity index (χ2v) is 5.54. The standard InChI is InChI=1S/C17H18F3N3O3/c1-11(15(24)21-10-14-3-2-8-26-14)23-16(25)22-9-12-4-6-13(7-5-12)17(18,19)20/h2-8,11H,9-10H2,1H3,(H,21,24)(H2,22,23,25). The van der Waals surface area contributed by atoms with Crippen molar-refractivity contribution in [1.82, 2.24) is 16.0 Å². The predicted molar refractivity (Wildman–Crippen MR) is 86.8 cm³/mol. The van der Waals surface area contributed by atoms with Crippen LogP contribution >= 0.6 is 0 Å². The van der Waals surface area contributed by atoms with Gasteiger partial charge in [-0.3, -0.25) is 4.79 Å². The Hall–Kier alpha value is -2.97. The third kappa shape index (κ3) is 5.83. The van der Waals surface area contributed by atoms with Gasteiger partial charge in [0.2, 0.25) is 5.91 Å². The van der Waals surface area contributed by atoms with Crippen LogP contribution in [0.2, 0.25) is 0 Å². The maximum absolute atomic E-state index is 12.5. The number of rotatable bonds is 6. The van der Waals surface area contributed by atoms with E-state index in [4.69, 9.17) is 4.42 Å². The van der Waals surface area contributed by atoms with Crippen LogP contribution in [0, 0.1) is 0 Å². The lowest BCUT2D eigenvalue weighted by Crippen LogP contribution is -2.48. The summed E-state index contributed by atoms with van der Waals surface area (Å²) in [6.07, 6.45) is -2.92. The van der Waals surface area contributed by atoms with Crippen LogP contribution in [0.1, 0.15) is 23.8 Å². The van der Waals surface area contributed by atoms with Crippen LogP contribution in [0.3, 0.4) is 0 Å². The smallest absolute Gasteiger partial charge is 0.416 e. The number of urea groups is 1. The first-order chi connectivity index (χ1) is 12.3. The Balaban J connectivity index is 1.74. The molecule has 140 valence electrons. The SMILES string of the molecule is CC(NC(=O)NCc1ccc(C(F)(F)F)cc1)C(=O)NCc1ccco1. The Morgan fingerprint density at radius 1 is 1.08 bits per heavy atom. The van der Waals surface area contributed by atoms with Crippen molar-refractivity contribution in [3.8, 4) is 0 Å². The van der Waals surface area contributed by atoms with E-state index < -0.39 is 29.7 Å². The molecule has 1 unspecified atom stereocenters. The van der Waals surface area contributed by atoms with Gasteiger partial charge in [-0.25, -0.2) is 4.79 Å². The van der Waals surface area contributed by atoms with Gasteiger partial charge in [-0.2, -0.15) is 13.2 Å². The fourth-order valence-corrected chi connectivity index (χ4v) is 2.05. The zero-order chi connectivity index (χ0) is 19.2. The molecule has 1 aromatic heterocycles. The molecule has 0 aliphatic rings. The zero-order valence-corrected chi connectivity index (χ0v) is 13.9. The Morgan fingerprint density at radius 3 is 2.35 bits per heavy atom. The summed E-state index contributed by atoms with van der Waals surface area (Å²) in [6.45, 7) is 1.74. The average molecular weight is 369 g/mol. The number of amides is 3. The van der Waals surface area contributed by atoms with Gasteiger partial charge in [0.05, 0.1) is 18.4 Å². The van der Waals surface area contributed by atoms with E-state index in [2.05, 4.69) is 16.0 Å². The highest BCUT2D eigenvalue weighted by molar-refractivity contribution is 5.86. The molecule has 6 nitrogen and oxygen atoms in total. The second-order valence-electron chi connectivity index (χ2n) is 5.54. The van der Waals surface area contributed by atoms with Crippen molar-refractivity contribution in [2.75, 3.05) is 0 Å². The van der Waals surface area contributed by atoms with Gasteiger partial charge in [0, 0.05) is 6.54 Å². The topological polar surface area (TPSA) is 83.4 Å². The lowest BCUT2D eigenvalue weighted by molar-refractivity contribution is -0.137. The molecule has 1 heterocycles. The van der Waals surface area contributed by atoms with Crippen molar-refractivity contribution in [2.45, 2.75) is 32.2 Å². The zero-order valence-electron chi connectivity index (χ0n) is 13.9. The summed E-state index contributed by atoms with van der Waals surface area (Å²) >= 11 is 0. The number of nitrogens with one attached hydrogen (secondary N) is 3. The first kappa shape index (κ1) is 19.4. The molecule has 26 heavy (non-hydrogen) atoms. The third-order valence-corrected chi connectivity index (χ3v) is 3.49. The van der Waals surface area contributed by atoms with E-state index in [1.807, 2.05) is 0 Å². The molecular formula is C17H18F3N3O3. The number of hydrogen-bond acceptors (Lipinski definition) is 3. The summed E-state index contributed by atoms with van der Waals surface area (Å²) in [5.41, 5.74) is -0.254. The lowest BCUT2D eigenvalue weighted by atomic mass is 10.1. The molecule has 0 fully saturated rings. The molecule has 0 spiro atoms. The third-order valence-electron chi connectivity index (χ3n) is 3.49. The summed E-state index contributed by atoms with van der Waals surface area (Å²) < 4.78 is 42.5. The molecule has 3 N–H and O–H groups in total. The van der Waals surface area contributed by atoms with Crippen LogP contribution in [0.15, 0.2) is 47.1 Å². The van der Waals surface area contributed by atoms with E-state index in [-0.39, 0.29) is 13.1 Å². The normalized spacial score (nSPS) is 12.3. The monoisotopic (exact) mass is 369 g/mol. The van der Waals surface area contributed by atoms with Gasteiger partial charge in [0.25, 0.3) is 0 Å². The molecule has 2 aromatic rings. The largest absolute Gasteiger partial charge is 0.467 e. The van der Waals surface area contributed by atoms with Crippen LogP contribution in [-0.2, 0) is 24.1 Å². The highest BCUT2D eigenvalue weighted by Crippen LogP contribution is 2.28. The van der Waals surface area contributed by atoms with Gasteiger partial charge >= 0.3 is 12.2 Å². The van der Waals surface area contributed by atoms with Crippen molar-refractivity contribution < 1.29 is 27.2 Å². The number of alkyl halides is 3. The van der Waals surface area contributed by atoms with E-state index >= 15 is 0 Å². The van der Waals surface area contributed by atoms with E-state index in [0.717, 1.165) is 12.1 Å². The fourth-order valence-electron chi connectivity index (χ4n) is 2.05. The van der Waals surface area contributed by atoms with E-state index in [1.54, 1.807) is 12.1 Å². The maximum Gasteiger partial charge on any atom is 0.416 e. The van der Waals surface area contributed by atoms with Crippen LogP contribution in [0.4, 0.5) is 18.0 Å². The Morgan fingerprint density at radius 2 is 1.77 bits per heavy atom. The highest BCUT2D eigenvalue weighted by atomic mass is 19.4. The second kappa shape index (κ2) is 8.41. The molecule has 9 heteroatoms. The average Bonchev–Trinajstić information content (AvgIpc) is 3.11. The first-order valence-electron chi connectivity index (χ1n) is 7.76. The van der Waals surface area contributed by atoms with E-state index in [1.165, 1.54) is 25.3 Å². The van der Waals surface area contributed by atoms with Gasteiger partial charge < -0.3 is 20.4 Å². The van der Waals surface area contributed by atoms with Crippen LogP contribution in [0.25, 0.3) is 0 Å². The van der Waals surface area contributed by atoms with Crippen molar-refractivity contribution >= 4 is 11.9 Å². The van der Waals surface area contributed by atoms with E-state index in [9.17, 15) is 22.8 Å². The lowest BCUT2D eigenvalue weighted by Gasteiger charge is -2.14. The molecule has 0 bridgehead atoms. The Labute approximate surface area is 147 Å². The molecular weight excluding hydrogens is 351 g/mol. The van der Waals surface area contributed by atoms with E-state index in [0.29, 0.717) is 11.3 Å². The van der Waals surface area contributed by atoms with Gasteiger partial charge in [0.1, 0.15) is 11.8 Å². The minimum absolute atomic E-state index is 0.0324. The molecule has 0 saturated carbocycles. The molecule has 1 atom stereocenters. The van der Waals surface area contributed by atoms with Crippen molar-refractivity contribution in [2.24, 2.45) is 0 Å². The molecule has 0 aliphatic carbocycles. The fraction of sp³-hybridized carbons (Fsp3) is 0.294. The van der Waals surface area contributed by atoms with Gasteiger partial charge in [-0.1, -0.05) is 12.1 Å². The van der Waals surface area contributed by atoms with Gasteiger partial charge in [-0.05, 0) is 36.8 Å². The summed E-state index contributed by atoms with van der Waals surface area (Å²) in [7, 11) is 0. The minimum Gasteiger partial charge on any atom is -0.467 e. The number of carbonyl (C=O) groups excluding carboxylic acids is 2. The van der Waals surface area contributed by atoms with Crippen LogP contribution in [0.5, 0.6) is 0 Å². The summed E-state index contributed by atoms with van der Waals surface area (Å²) in [6, 6.07) is 6.44. The molecule has 3 amide bonds. The molecule has 0 aliphatic heterocycles. The summed E-state index contributed by atoms with van der Waals surface area (Å²) in [4.78, 5) is 23.7. The Kier molecular flexibility index (Phi) is 6.26. The van der Waals surface area contributed by atoms with Crippen molar-refractivity contribution in [3.05, 3.63) is 59.5 Å².